The van der Waals surface area contributed by atoms with E-state index in [0.29, 0.717) is 12.0 Å². The molecule has 7 nitrogen and oxygen atoms in total. The van der Waals surface area contributed by atoms with Gasteiger partial charge in [-0.05, 0) is 103 Å². The number of aromatic nitrogens is 2. The van der Waals surface area contributed by atoms with Crippen molar-refractivity contribution in [1.82, 2.24) is 20.2 Å². The van der Waals surface area contributed by atoms with Gasteiger partial charge in [0.25, 0.3) is 0 Å². The number of nitrogens with one attached hydrogen (secondary N) is 2. The van der Waals surface area contributed by atoms with Gasteiger partial charge in [-0.25, -0.2) is 9.78 Å². The number of benzene rings is 3. The Morgan fingerprint density at radius 2 is 1.60 bits per heavy atom. The Hall–Kier alpha value is -4.23. The van der Waals surface area contributed by atoms with E-state index in [9.17, 15) is 4.79 Å². The van der Waals surface area contributed by atoms with Crippen molar-refractivity contribution in [3.05, 3.63) is 84.4 Å². The van der Waals surface area contributed by atoms with E-state index in [2.05, 4.69) is 77.2 Å². The van der Waals surface area contributed by atoms with Crippen molar-refractivity contribution < 1.29 is 9.53 Å². The second kappa shape index (κ2) is 9.88. The predicted molar refractivity (Wildman–Crippen MR) is 178 cm³/mol. The molecule has 0 spiro atoms. The van der Waals surface area contributed by atoms with Gasteiger partial charge in [-0.3, -0.25) is 9.89 Å². The van der Waals surface area contributed by atoms with Gasteiger partial charge < -0.3 is 15.0 Å². The summed E-state index contributed by atoms with van der Waals surface area (Å²) in [6, 6.07) is 23.6. The van der Waals surface area contributed by atoms with E-state index in [4.69, 9.17) is 14.7 Å². The van der Waals surface area contributed by atoms with Gasteiger partial charge in [-0.2, -0.15) is 0 Å². The first-order valence-corrected chi connectivity index (χ1v) is 16.5. The molecule has 5 aliphatic rings. The van der Waals surface area contributed by atoms with Gasteiger partial charge in [0.2, 0.25) is 0 Å². The molecule has 4 fully saturated rings. The molecule has 228 valence electrons. The van der Waals surface area contributed by atoms with Crippen molar-refractivity contribution >= 4 is 28.2 Å². The number of aliphatic imine (C=N–C) groups is 1. The fraction of sp³-hybridized carbons (Fsp3) is 0.395. The Kier molecular flexibility index (Phi) is 5.95. The summed E-state index contributed by atoms with van der Waals surface area (Å²) >= 11 is 0. The lowest BCUT2D eigenvalue weighted by Gasteiger charge is -2.29. The number of fused-ring (bicyclic) bond motifs is 3. The molecule has 0 bridgehead atoms. The molecule has 2 saturated heterocycles. The first-order valence-electron chi connectivity index (χ1n) is 16.5. The van der Waals surface area contributed by atoms with Crippen LogP contribution in [0.15, 0.2) is 78.1 Å². The third kappa shape index (κ3) is 4.98. The van der Waals surface area contributed by atoms with Crippen LogP contribution in [0.3, 0.4) is 0 Å². The molecule has 3 aliphatic heterocycles. The average molecular weight is 598 g/mol. The highest BCUT2D eigenvalue weighted by Crippen LogP contribution is 2.53. The molecule has 7 heteroatoms. The second-order valence-electron chi connectivity index (χ2n) is 14.7. The average Bonchev–Trinajstić information content (AvgIpc) is 3.60. The SMILES string of the molecule is CC(C)(C)OC(=O)N1[C@@H]2C[C@@H]2C[C@H]1c1ncc(-c2ccc3cc(-c4ccc(C5=CN=C(C6C[C@H]7C[C@H]7N6)C5)cc4)ccc3c2)[nH]1. The lowest BCUT2D eigenvalue weighted by atomic mass is 9.95. The molecule has 6 atom stereocenters. The Balaban J connectivity index is 0.893. The van der Waals surface area contributed by atoms with Gasteiger partial charge in [0.15, 0.2) is 0 Å². The van der Waals surface area contributed by atoms with Gasteiger partial charge in [0.1, 0.15) is 11.4 Å². The normalized spacial score (nSPS) is 28.1. The maximum atomic E-state index is 13.0. The highest BCUT2D eigenvalue weighted by molar-refractivity contribution is 6.02. The number of H-pyrrole nitrogens is 1. The molecule has 9 rings (SSSR count). The number of carbonyl (C=O) groups excluding carboxylic acids is 1. The van der Waals surface area contributed by atoms with Crippen molar-refractivity contribution in [1.29, 1.82) is 0 Å². The largest absolute Gasteiger partial charge is 0.444 e. The van der Waals surface area contributed by atoms with Crippen LogP contribution in [0.25, 0.3) is 38.7 Å². The van der Waals surface area contributed by atoms with E-state index in [1.807, 2.05) is 31.9 Å². The second-order valence-corrected chi connectivity index (χ2v) is 14.7. The summed E-state index contributed by atoms with van der Waals surface area (Å²) < 4.78 is 5.74. The lowest BCUT2D eigenvalue weighted by molar-refractivity contribution is 0.0175. The summed E-state index contributed by atoms with van der Waals surface area (Å²) in [4.78, 5) is 28.0. The first kappa shape index (κ1) is 27.1. The zero-order valence-electron chi connectivity index (χ0n) is 26.1. The number of likely N-dealkylation sites (tertiary alicyclic amines) is 1. The van der Waals surface area contributed by atoms with Crippen LogP contribution in [0, 0.1) is 11.8 Å². The number of hydrogen-bond donors (Lipinski definition) is 2. The fourth-order valence-electron chi connectivity index (χ4n) is 7.81. The molecule has 4 aromatic rings. The summed E-state index contributed by atoms with van der Waals surface area (Å²) in [7, 11) is 0. The Morgan fingerprint density at radius 3 is 2.36 bits per heavy atom. The molecule has 1 amide bonds. The van der Waals surface area contributed by atoms with Crippen molar-refractivity contribution in [3.8, 4) is 22.4 Å². The molecule has 2 saturated carbocycles. The van der Waals surface area contributed by atoms with Crippen molar-refractivity contribution in [2.24, 2.45) is 16.8 Å². The minimum absolute atomic E-state index is 0.0684. The van der Waals surface area contributed by atoms with Gasteiger partial charge in [-0.15, -0.1) is 0 Å². The van der Waals surface area contributed by atoms with Gasteiger partial charge in [0, 0.05) is 42.0 Å². The van der Waals surface area contributed by atoms with Crippen LogP contribution >= 0.6 is 0 Å². The van der Waals surface area contributed by atoms with E-state index in [1.165, 1.54) is 51.6 Å². The number of aromatic amines is 1. The lowest BCUT2D eigenvalue weighted by Crippen LogP contribution is -2.38. The van der Waals surface area contributed by atoms with Crippen LogP contribution in [-0.2, 0) is 4.74 Å². The topological polar surface area (TPSA) is 82.6 Å². The van der Waals surface area contributed by atoms with E-state index in [-0.39, 0.29) is 18.2 Å². The Labute approximate surface area is 263 Å². The summed E-state index contributed by atoms with van der Waals surface area (Å²) in [5.41, 5.74) is 7.83. The number of allylic oxidation sites excluding steroid dienone is 1. The molecule has 4 heterocycles. The highest BCUT2D eigenvalue weighted by Gasteiger charge is 2.56. The van der Waals surface area contributed by atoms with Crippen LogP contribution in [-0.4, -0.2) is 50.4 Å². The Bertz CT molecular complexity index is 1890. The molecular weight excluding hydrogens is 558 g/mol. The molecule has 1 aromatic heterocycles. The van der Waals surface area contributed by atoms with Crippen molar-refractivity contribution in [3.63, 3.8) is 0 Å². The maximum Gasteiger partial charge on any atom is 0.411 e. The van der Waals surface area contributed by atoms with Gasteiger partial charge in [0.05, 0.1) is 17.9 Å². The van der Waals surface area contributed by atoms with Crippen molar-refractivity contribution in [2.45, 2.75) is 82.6 Å². The highest BCUT2D eigenvalue weighted by atomic mass is 16.6. The monoisotopic (exact) mass is 597 g/mol. The molecule has 0 radical (unpaired) electrons. The number of rotatable bonds is 5. The summed E-state index contributed by atoms with van der Waals surface area (Å²) in [5.74, 6) is 2.27. The van der Waals surface area contributed by atoms with Crippen LogP contribution in [0.2, 0.25) is 0 Å². The first-order chi connectivity index (χ1) is 21.8. The zero-order valence-corrected chi connectivity index (χ0v) is 26.1. The molecule has 3 aromatic carbocycles. The summed E-state index contributed by atoms with van der Waals surface area (Å²) in [6.07, 6.45) is 9.28. The van der Waals surface area contributed by atoms with Crippen LogP contribution in [0.1, 0.15) is 70.3 Å². The summed E-state index contributed by atoms with van der Waals surface area (Å²) in [5, 5.41) is 6.12. The molecule has 2 N–H and O–H groups in total. The number of piperidine rings is 2. The van der Waals surface area contributed by atoms with Crippen LogP contribution in [0.4, 0.5) is 4.79 Å². The predicted octanol–water partition coefficient (Wildman–Crippen LogP) is 7.90. The number of ether oxygens (including phenoxy) is 1. The summed E-state index contributed by atoms with van der Waals surface area (Å²) in [6.45, 7) is 5.75. The fourth-order valence-corrected chi connectivity index (χ4v) is 7.81. The maximum absolute atomic E-state index is 13.0. The number of hydrogen-bond acceptors (Lipinski definition) is 5. The number of amides is 1. The Morgan fingerprint density at radius 1 is 0.867 bits per heavy atom. The molecular formula is C38H39N5O2. The van der Waals surface area contributed by atoms with E-state index in [1.54, 1.807) is 0 Å². The minimum atomic E-state index is -0.517. The third-order valence-corrected chi connectivity index (χ3v) is 10.4. The van der Waals surface area contributed by atoms with Gasteiger partial charge >= 0.3 is 6.09 Å². The number of nitrogens with zero attached hydrogens (tertiary/aromatic N) is 3. The zero-order chi connectivity index (χ0) is 30.4. The number of carbonyl (C=O) groups is 1. The standard InChI is InChI=1S/C38H39N5O2/c1-38(2,3)45-37(44)43-34-17-28(34)18-35(43)36-40-20-33(42-36)26-11-10-24-12-23(8-9-25(24)13-26)21-4-6-22(7-5-21)29-16-31(39-19-29)32-15-27-14-30(27)41-32/h4-13,19-20,27-28,30,32,34-35,41H,14-18H2,1-3H3,(H,40,42)/t27-,28-,30-,32?,34-,35+/m1/s1. The van der Waals surface area contributed by atoms with Gasteiger partial charge in [-0.1, -0.05) is 48.5 Å². The molecule has 45 heavy (non-hydrogen) atoms. The van der Waals surface area contributed by atoms with E-state index >= 15 is 0 Å². The van der Waals surface area contributed by atoms with Crippen LogP contribution in [0.5, 0.6) is 0 Å². The van der Waals surface area contributed by atoms with Crippen molar-refractivity contribution in [2.75, 3.05) is 0 Å². The molecule has 2 aliphatic carbocycles. The molecule has 1 unspecified atom stereocenters. The van der Waals surface area contributed by atoms with E-state index < -0.39 is 5.60 Å². The van der Waals surface area contributed by atoms with E-state index in [0.717, 1.165) is 48.3 Å². The minimum Gasteiger partial charge on any atom is -0.444 e. The van der Waals surface area contributed by atoms with Crippen LogP contribution < -0.4 is 5.32 Å². The smallest absolute Gasteiger partial charge is 0.411 e. The quantitative estimate of drug-likeness (QED) is 0.245. The number of imidazole rings is 1. The third-order valence-electron chi connectivity index (χ3n) is 10.4.